The molecule has 2 amide bonds. The third kappa shape index (κ3) is 4.12. The van der Waals surface area contributed by atoms with Crippen LogP contribution < -0.4 is 10.6 Å². The average molecular weight is 388 g/mol. The van der Waals surface area contributed by atoms with Gasteiger partial charge in [-0.1, -0.05) is 36.4 Å². The van der Waals surface area contributed by atoms with Crippen LogP contribution in [-0.2, 0) is 0 Å². The highest BCUT2D eigenvalue weighted by Crippen LogP contribution is 2.21. The molecule has 1 aromatic heterocycles. The Morgan fingerprint density at radius 3 is 2.72 bits per heavy atom. The second kappa shape index (κ2) is 8.41. The number of fused-ring (bicyclic) bond motifs is 1. The molecule has 4 rings (SSSR count). The summed E-state index contributed by atoms with van der Waals surface area (Å²) in [5.41, 5.74) is 1.19. The molecule has 6 heteroatoms. The van der Waals surface area contributed by atoms with Gasteiger partial charge < -0.3 is 15.5 Å². The summed E-state index contributed by atoms with van der Waals surface area (Å²) in [4.78, 5) is 32.1. The first-order valence-corrected chi connectivity index (χ1v) is 9.86. The highest BCUT2D eigenvalue weighted by molar-refractivity contribution is 6.14. The van der Waals surface area contributed by atoms with Crippen molar-refractivity contribution in [2.75, 3.05) is 25.5 Å². The Hall–Kier alpha value is -3.25. The number of anilines is 1. The summed E-state index contributed by atoms with van der Waals surface area (Å²) in [7, 11) is 2.07. The number of amides is 2. The Bertz CT molecular complexity index is 1040. The normalized spacial score (nSPS) is 16.7. The maximum Gasteiger partial charge on any atom is 0.272 e. The molecule has 6 nitrogen and oxygen atoms in total. The lowest BCUT2D eigenvalue weighted by Gasteiger charge is -2.20. The number of rotatable bonds is 5. The van der Waals surface area contributed by atoms with Crippen LogP contribution in [-0.4, -0.2) is 47.9 Å². The molecule has 0 aliphatic carbocycles. The Labute approximate surface area is 169 Å². The SMILES string of the molecule is CN1CCCC1CNC(=O)c1ncccc1NC(=O)c1cccc2ccccc12. The van der Waals surface area contributed by atoms with Gasteiger partial charge in [0.25, 0.3) is 11.8 Å². The fourth-order valence-electron chi connectivity index (χ4n) is 3.83. The fourth-order valence-corrected chi connectivity index (χ4v) is 3.83. The summed E-state index contributed by atoms with van der Waals surface area (Å²) < 4.78 is 0. The van der Waals surface area contributed by atoms with E-state index < -0.39 is 0 Å². The quantitative estimate of drug-likeness (QED) is 0.703. The number of aromatic nitrogens is 1. The Morgan fingerprint density at radius 2 is 1.90 bits per heavy atom. The van der Waals surface area contributed by atoms with Crippen LogP contribution in [0.4, 0.5) is 5.69 Å². The van der Waals surface area contributed by atoms with Crippen LogP contribution in [0.1, 0.15) is 33.7 Å². The van der Waals surface area contributed by atoms with Crippen molar-refractivity contribution < 1.29 is 9.59 Å². The molecule has 29 heavy (non-hydrogen) atoms. The lowest BCUT2D eigenvalue weighted by Crippen LogP contribution is -2.38. The number of benzene rings is 2. The van der Waals surface area contributed by atoms with Crippen molar-refractivity contribution in [3.05, 3.63) is 72.1 Å². The van der Waals surface area contributed by atoms with E-state index in [2.05, 4.69) is 27.6 Å². The highest BCUT2D eigenvalue weighted by Gasteiger charge is 2.23. The van der Waals surface area contributed by atoms with Crippen molar-refractivity contribution in [3.63, 3.8) is 0 Å². The molecule has 2 heterocycles. The minimum Gasteiger partial charge on any atom is -0.349 e. The molecule has 1 aliphatic rings. The summed E-state index contributed by atoms with van der Waals surface area (Å²) in [6.07, 6.45) is 3.78. The topological polar surface area (TPSA) is 74.3 Å². The van der Waals surface area contributed by atoms with E-state index in [1.165, 1.54) is 0 Å². The van der Waals surface area contributed by atoms with Crippen LogP contribution in [0, 0.1) is 0 Å². The molecule has 2 N–H and O–H groups in total. The van der Waals surface area contributed by atoms with Gasteiger partial charge in [0.2, 0.25) is 0 Å². The fraction of sp³-hybridized carbons (Fsp3) is 0.261. The Morgan fingerprint density at radius 1 is 1.07 bits per heavy atom. The van der Waals surface area contributed by atoms with Crippen molar-refractivity contribution in [1.29, 1.82) is 0 Å². The standard InChI is InChI=1S/C23H24N4O2/c1-27-14-6-9-17(27)15-25-23(29)21-20(12-5-13-24-21)26-22(28)19-11-4-8-16-7-2-3-10-18(16)19/h2-5,7-8,10-13,17H,6,9,14-15H2,1H3,(H,25,29)(H,26,28). The highest BCUT2D eigenvalue weighted by atomic mass is 16.2. The summed E-state index contributed by atoms with van der Waals surface area (Å²) in [6.45, 7) is 1.62. The molecule has 0 saturated carbocycles. The van der Waals surface area contributed by atoms with Gasteiger partial charge in [-0.2, -0.15) is 0 Å². The minimum atomic E-state index is -0.279. The van der Waals surface area contributed by atoms with Crippen molar-refractivity contribution in [1.82, 2.24) is 15.2 Å². The van der Waals surface area contributed by atoms with Gasteiger partial charge in [0.15, 0.2) is 5.69 Å². The molecule has 0 spiro atoms. The molecule has 1 aliphatic heterocycles. The number of hydrogen-bond donors (Lipinski definition) is 2. The molecule has 0 bridgehead atoms. The van der Waals surface area contributed by atoms with E-state index in [-0.39, 0.29) is 17.5 Å². The minimum absolute atomic E-state index is 0.224. The van der Waals surface area contributed by atoms with Crippen LogP contribution >= 0.6 is 0 Å². The molecule has 1 atom stereocenters. The van der Waals surface area contributed by atoms with E-state index in [0.717, 1.165) is 30.2 Å². The maximum atomic E-state index is 12.9. The Kier molecular flexibility index (Phi) is 5.53. The predicted molar refractivity (Wildman–Crippen MR) is 114 cm³/mol. The molecule has 0 radical (unpaired) electrons. The van der Waals surface area contributed by atoms with E-state index in [1.54, 1.807) is 24.4 Å². The monoisotopic (exact) mass is 388 g/mol. The van der Waals surface area contributed by atoms with Crippen molar-refractivity contribution in [2.45, 2.75) is 18.9 Å². The smallest absolute Gasteiger partial charge is 0.272 e. The number of likely N-dealkylation sites (tertiary alicyclic amines) is 1. The number of likely N-dealkylation sites (N-methyl/N-ethyl adjacent to an activating group) is 1. The maximum absolute atomic E-state index is 12.9. The zero-order valence-corrected chi connectivity index (χ0v) is 16.4. The van der Waals surface area contributed by atoms with Gasteiger partial charge in [-0.05, 0) is 55.4 Å². The molecule has 3 aromatic rings. The number of carbonyl (C=O) groups excluding carboxylic acids is 2. The third-order valence-electron chi connectivity index (χ3n) is 5.48. The van der Waals surface area contributed by atoms with Gasteiger partial charge in [0.1, 0.15) is 0 Å². The van der Waals surface area contributed by atoms with Crippen molar-refractivity contribution >= 4 is 28.3 Å². The van der Waals surface area contributed by atoms with Crippen molar-refractivity contribution in [3.8, 4) is 0 Å². The molecular formula is C23H24N4O2. The van der Waals surface area contributed by atoms with Crippen LogP contribution in [0.2, 0.25) is 0 Å². The number of nitrogens with zero attached hydrogens (tertiary/aromatic N) is 2. The van der Waals surface area contributed by atoms with Gasteiger partial charge in [0.05, 0.1) is 5.69 Å². The average Bonchev–Trinajstić information content (AvgIpc) is 3.16. The third-order valence-corrected chi connectivity index (χ3v) is 5.48. The van der Waals surface area contributed by atoms with E-state index in [1.807, 2.05) is 36.4 Å². The predicted octanol–water partition coefficient (Wildman–Crippen LogP) is 3.31. The summed E-state index contributed by atoms with van der Waals surface area (Å²) in [5, 5.41) is 7.68. The summed E-state index contributed by atoms with van der Waals surface area (Å²) >= 11 is 0. The second-order valence-electron chi connectivity index (χ2n) is 7.37. The van der Waals surface area contributed by atoms with Crippen LogP contribution in [0.3, 0.4) is 0 Å². The second-order valence-corrected chi connectivity index (χ2v) is 7.37. The van der Waals surface area contributed by atoms with E-state index in [4.69, 9.17) is 0 Å². The van der Waals surface area contributed by atoms with Gasteiger partial charge in [0, 0.05) is 24.3 Å². The summed E-state index contributed by atoms with van der Waals surface area (Å²) in [5.74, 6) is -0.543. The zero-order valence-electron chi connectivity index (χ0n) is 16.4. The van der Waals surface area contributed by atoms with E-state index in [0.29, 0.717) is 23.8 Å². The first-order chi connectivity index (χ1) is 14.1. The summed E-state index contributed by atoms with van der Waals surface area (Å²) in [6, 6.07) is 17.1. The van der Waals surface area contributed by atoms with E-state index in [9.17, 15) is 9.59 Å². The zero-order chi connectivity index (χ0) is 20.2. The number of pyridine rings is 1. The first kappa shape index (κ1) is 19.1. The van der Waals surface area contributed by atoms with Crippen molar-refractivity contribution in [2.24, 2.45) is 0 Å². The lowest BCUT2D eigenvalue weighted by atomic mass is 10.0. The van der Waals surface area contributed by atoms with Crippen LogP contribution in [0.15, 0.2) is 60.8 Å². The van der Waals surface area contributed by atoms with Gasteiger partial charge in [-0.15, -0.1) is 0 Å². The molecular weight excluding hydrogens is 364 g/mol. The first-order valence-electron chi connectivity index (χ1n) is 9.86. The van der Waals surface area contributed by atoms with Crippen LogP contribution in [0.5, 0.6) is 0 Å². The van der Waals surface area contributed by atoms with Gasteiger partial charge in [-0.3, -0.25) is 9.59 Å². The number of hydrogen-bond acceptors (Lipinski definition) is 4. The Balaban J connectivity index is 1.52. The largest absolute Gasteiger partial charge is 0.349 e. The lowest BCUT2D eigenvalue weighted by molar-refractivity contribution is 0.0939. The molecule has 2 aromatic carbocycles. The molecule has 1 fully saturated rings. The van der Waals surface area contributed by atoms with Gasteiger partial charge >= 0.3 is 0 Å². The van der Waals surface area contributed by atoms with E-state index >= 15 is 0 Å². The number of carbonyl (C=O) groups is 2. The molecule has 1 saturated heterocycles. The molecule has 1 unspecified atom stereocenters. The van der Waals surface area contributed by atoms with Crippen LogP contribution in [0.25, 0.3) is 10.8 Å². The molecule has 148 valence electrons. The number of nitrogens with one attached hydrogen (secondary N) is 2. The van der Waals surface area contributed by atoms with Gasteiger partial charge in [-0.25, -0.2) is 4.98 Å².